The molecular formula is C17H15N3O4S2. The lowest BCUT2D eigenvalue weighted by Crippen LogP contribution is -2.26. The Labute approximate surface area is 154 Å². The fourth-order valence-corrected chi connectivity index (χ4v) is 4.94. The molecule has 0 atom stereocenters. The number of benzene rings is 1. The van der Waals surface area contributed by atoms with Gasteiger partial charge in [0.2, 0.25) is 0 Å². The molecule has 7 nitrogen and oxygen atoms in total. The van der Waals surface area contributed by atoms with Crippen LogP contribution in [0.15, 0.2) is 58.9 Å². The molecule has 2 heterocycles. The van der Waals surface area contributed by atoms with Gasteiger partial charge in [0.05, 0.1) is 21.8 Å². The summed E-state index contributed by atoms with van der Waals surface area (Å²) < 4.78 is 26.9. The number of nitrogens with two attached hydrogens (primary N) is 1. The Morgan fingerprint density at radius 3 is 2.58 bits per heavy atom. The van der Waals surface area contributed by atoms with Crippen molar-refractivity contribution in [1.29, 1.82) is 0 Å². The Bertz CT molecular complexity index is 1060. The molecule has 0 aliphatic carbocycles. The second kappa shape index (κ2) is 6.77. The molecule has 0 saturated heterocycles. The maximum absolute atomic E-state index is 12.9. The summed E-state index contributed by atoms with van der Waals surface area (Å²) in [5.74, 6) is -1.17. The third-order valence-electron chi connectivity index (χ3n) is 3.72. The number of primary amides is 1. The van der Waals surface area contributed by atoms with Crippen LogP contribution >= 0.6 is 11.3 Å². The molecule has 0 saturated carbocycles. The molecule has 3 rings (SSSR count). The van der Waals surface area contributed by atoms with Crippen molar-refractivity contribution in [3.05, 3.63) is 60.3 Å². The lowest BCUT2D eigenvalue weighted by atomic mass is 10.2. The van der Waals surface area contributed by atoms with Crippen molar-refractivity contribution in [2.45, 2.75) is 4.21 Å². The third-order valence-corrected chi connectivity index (χ3v) is 7.08. The van der Waals surface area contributed by atoms with Gasteiger partial charge in [-0.3, -0.25) is 14.1 Å². The Morgan fingerprint density at radius 1 is 1.19 bits per heavy atom. The van der Waals surface area contributed by atoms with Crippen molar-refractivity contribution in [3.8, 4) is 16.3 Å². The molecule has 0 unspecified atom stereocenters. The minimum absolute atomic E-state index is 0.0758. The molecule has 1 aromatic carbocycles. The first-order valence-corrected chi connectivity index (χ1v) is 9.69. The molecule has 0 aliphatic heterocycles. The van der Waals surface area contributed by atoms with E-state index >= 15 is 0 Å². The number of aromatic nitrogens is 1. The van der Waals surface area contributed by atoms with Gasteiger partial charge >= 0.3 is 0 Å². The molecule has 26 heavy (non-hydrogen) atoms. The van der Waals surface area contributed by atoms with Crippen LogP contribution in [-0.4, -0.2) is 31.5 Å². The fourth-order valence-electron chi connectivity index (χ4n) is 2.30. The van der Waals surface area contributed by atoms with Crippen molar-refractivity contribution >= 4 is 33.0 Å². The fraction of sp³-hybridized carbons (Fsp3) is 0.0588. The van der Waals surface area contributed by atoms with Crippen LogP contribution in [0.4, 0.5) is 5.69 Å². The zero-order valence-corrected chi connectivity index (χ0v) is 15.3. The van der Waals surface area contributed by atoms with Crippen LogP contribution in [0.2, 0.25) is 0 Å². The molecule has 0 radical (unpaired) electrons. The summed E-state index contributed by atoms with van der Waals surface area (Å²) in [5, 5.41) is 9.87. The number of pyridine rings is 1. The number of carbonyl (C=O) groups is 1. The number of nitrogens with zero attached hydrogens (tertiary/aromatic N) is 2. The van der Waals surface area contributed by atoms with Crippen LogP contribution < -0.4 is 10.0 Å². The van der Waals surface area contributed by atoms with Gasteiger partial charge in [0.15, 0.2) is 0 Å². The normalized spacial score (nSPS) is 11.3. The molecule has 3 aromatic rings. The van der Waals surface area contributed by atoms with E-state index in [-0.39, 0.29) is 21.2 Å². The smallest absolute Gasteiger partial charge is 0.273 e. The minimum Gasteiger partial charge on any atom is -0.507 e. The summed E-state index contributed by atoms with van der Waals surface area (Å²) in [6.45, 7) is 0. The van der Waals surface area contributed by atoms with Gasteiger partial charge in [-0.1, -0.05) is 6.07 Å². The van der Waals surface area contributed by atoms with Crippen molar-refractivity contribution in [2.24, 2.45) is 5.73 Å². The van der Waals surface area contributed by atoms with Crippen molar-refractivity contribution in [3.63, 3.8) is 0 Å². The van der Waals surface area contributed by atoms with E-state index in [4.69, 9.17) is 5.73 Å². The maximum atomic E-state index is 12.9. The van der Waals surface area contributed by atoms with Crippen molar-refractivity contribution < 1.29 is 18.3 Å². The third kappa shape index (κ3) is 3.26. The van der Waals surface area contributed by atoms with E-state index in [1.807, 2.05) is 6.07 Å². The monoisotopic (exact) mass is 389 g/mol. The number of hydrogen-bond donors (Lipinski definition) is 2. The molecule has 0 aliphatic rings. The average Bonchev–Trinajstić information content (AvgIpc) is 3.12. The van der Waals surface area contributed by atoms with Crippen LogP contribution in [0, 0.1) is 0 Å². The number of thiophene rings is 1. The van der Waals surface area contributed by atoms with Gasteiger partial charge in [-0.2, -0.15) is 0 Å². The number of rotatable bonds is 5. The zero-order chi connectivity index (χ0) is 18.9. The van der Waals surface area contributed by atoms with Gasteiger partial charge in [0, 0.05) is 19.3 Å². The van der Waals surface area contributed by atoms with E-state index in [9.17, 15) is 18.3 Å². The van der Waals surface area contributed by atoms with E-state index in [0.29, 0.717) is 5.69 Å². The predicted molar refractivity (Wildman–Crippen MR) is 99.8 cm³/mol. The summed E-state index contributed by atoms with van der Waals surface area (Å²) in [5.41, 5.74) is 5.96. The number of hydrogen-bond acceptors (Lipinski definition) is 6. The first-order chi connectivity index (χ1) is 12.3. The summed E-state index contributed by atoms with van der Waals surface area (Å²) >= 11 is 1.10. The van der Waals surface area contributed by atoms with Crippen molar-refractivity contribution in [2.75, 3.05) is 11.4 Å². The highest BCUT2D eigenvalue weighted by Gasteiger charge is 2.24. The molecule has 3 N–H and O–H groups in total. The Balaban J connectivity index is 1.94. The van der Waals surface area contributed by atoms with Crippen molar-refractivity contribution in [1.82, 2.24) is 4.98 Å². The number of aromatic hydroxyl groups is 1. The standard InChI is InChI=1S/C17H15N3O4S2/c1-20(11-5-6-12(17(18)22)14(21)10-11)26(23,24)16-8-7-15(25-16)13-4-2-3-9-19-13/h2-10,21H,1H3,(H2,18,22). The van der Waals surface area contributed by atoms with Crippen LogP contribution in [-0.2, 0) is 10.0 Å². The van der Waals surface area contributed by atoms with Crippen LogP contribution in [0.1, 0.15) is 10.4 Å². The first kappa shape index (κ1) is 17.9. The van der Waals surface area contributed by atoms with E-state index in [2.05, 4.69) is 4.98 Å². The highest BCUT2D eigenvalue weighted by molar-refractivity contribution is 7.94. The van der Waals surface area contributed by atoms with Crippen LogP contribution in [0.25, 0.3) is 10.6 Å². The van der Waals surface area contributed by atoms with Gasteiger partial charge in [-0.25, -0.2) is 8.42 Å². The largest absolute Gasteiger partial charge is 0.507 e. The van der Waals surface area contributed by atoms with Gasteiger partial charge in [0.25, 0.3) is 15.9 Å². The molecule has 134 valence electrons. The summed E-state index contributed by atoms with van der Waals surface area (Å²) in [7, 11) is -2.46. The Kier molecular flexibility index (Phi) is 4.66. The molecule has 0 spiro atoms. The summed E-state index contributed by atoms with van der Waals surface area (Å²) in [6.07, 6.45) is 1.64. The second-order valence-electron chi connectivity index (χ2n) is 5.37. The predicted octanol–water partition coefficient (Wildman–Crippen LogP) is 2.44. The molecule has 2 aromatic heterocycles. The minimum atomic E-state index is -3.83. The second-order valence-corrected chi connectivity index (χ2v) is 8.65. The first-order valence-electron chi connectivity index (χ1n) is 7.43. The highest BCUT2D eigenvalue weighted by Crippen LogP contribution is 2.33. The topological polar surface area (TPSA) is 114 Å². The molecule has 0 fully saturated rings. The Hall–Kier alpha value is -2.91. The summed E-state index contributed by atoms with van der Waals surface area (Å²) in [4.78, 5) is 16.1. The SMILES string of the molecule is CN(c1ccc(C(N)=O)c(O)c1)S(=O)(=O)c1ccc(-c2ccccn2)s1. The molecular weight excluding hydrogens is 374 g/mol. The quantitative estimate of drug-likeness (QED) is 0.696. The number of amides is 1. The number of carbonyl (C=O) groups excluding carboxylic acids is 1. The molecule has 1 amide bonds. The van der Waals surface area contributed by atoms with Gasteiger partial charge in [-0.05, 0) is 36.4 Å². The molecule has 0 bridgehead atoms. The van der Waals surface area contributed by atoms with E-state index in [1.165, 1.54) is 31.3 Å². The number of phenols is 1. The van der Waals surface area contributed by atoms with Crippen LogP contribution in [0.5, 0.6) is 5.75 Å². The number of sulfonamides is 1. The van der Waals surface area contributed by atoms with E-state index < -0.39 is 15.9 Å². The maximum Gasteiger partial charge on any atom is 0.273 e. The van der Waals surface area contributed by atoms with E-state index in [1.54, 1.807) is 24.4 Å². The lowest BCUT2D eigenvalue weighted by molar-refractivity contribution is 0.0998. The Morgan fingerprint density at radius 2 is 1.96 bits per heavy atom. The number of anilines is 1. The van der Waals surface area contributed by atoms with Gasteiger partial charge in [0.1, 0.15) is 9.96 Å². The average molecular weight is 389 g/mol. The summed E-state index contributed by atoms with van der Waals surface area (Å²) in [6, 6.07) is 12.5. The lowest BCUT2D eigenvalue weighted by Gasteiger charge is -2.19. The molecule has 9 heteroatoms. The van der Waals surface area contributed by atoms with Gasteiger partial charge < -0.3 is 10.8 Å². The van der Waals surface area contributed by atoms with E-state index in [0.717, 1.165) is 20.5 Å². The zero-order valence-electron chi connectivity index (χ0n) is 13.7. The van der Waals surface area contributed by atoms with Crippen LogP contribution in [0.3, 0.4) is 0 Å². The highest BCUT2D eigenvalue weighted by atomic mass is 32.2. The van der Waals surface area contributed by atoms with Gasteiger partial charge in [-0.15, -0.1) is 11.3 Å².